The summed E-state index contributed by atoms with van der Waals surface area (Å²) < 4.78 is 0. The highest BCUT2D eigenvalue weighted by atomic mass is 16.6. The van der Waals surface area contributed by atoms with Gasteiger partial charge in [-0.05, 0) is 19.8 Å². The Bertz CT molecular complexity index is 458. The number of hydrogen-bond donors (Lipinski definition) is 1. The van der Waals surface area contributed by atoms with Gasteiger partial charge < -0.3 is 10.2 Å². The fourth-order valence-electron chi connectivity index (χ4n) is 1.76. The minimum absolute atomic E-state index is 0.00148. The molecule has 0 unspecified atom stereocenters. The maximum atomic E-state index is 11.1. The molecule has 1 heterocycles. The molecule has 92 valence electrons. The Morgan fingerprint density at radius 3 is 2.59 bits per heavy atom. The lowest BCUT2D eigenvalue weighted by molar-refractivity contribution is -0.385. The molecule has 7 heteroatoms. The van der Waals surface area contributed by atoms with Crippen LogP contribution in [-0.4, -0.2) is 35.0 Å². The summed E-state index contributed by atoms with van der Waals surface area (Å²) >= 11 is 0. The first-order chi connectivity index (χ1) is 8.04. The Labute approximate surface area is 99.0 Å². The second-order valence-electron chi connectivity index (χ2n) is 4.15. The molecule has 0 bridgehead atoms. The fraction of sp³-hybridized carbons (Fsp3) is 0.600. The highest BCUT2D eigenvalue weighted by Gasteiger charge is 2.33. The zero-order valence-electron chi connectivity index (χ0n) is 10.1. The zero-order valence-corrected chi connectivity index (χ0v) is 10.1. The van der Waals surface area contributed by atoms with Crippen LogP contribution in [0.4, 0.5) is 17.5 Å². The second kappa shape index (κ2) is 4.15. The summed E-state index contributed by atoms with van der Waals surface area (Å²) in [5, 5.41) is 13.9. The summed E-state index contributed by atoms with van der Waals surface area (Å²) in [6.07, 6.45) is 2.12. The third-order valence-corrected chi connectivity index (χ3v) is 2.87. The molecule has 1 aliphatic carbocycles. The molecule has 1 saturated carbocycles. The Morgan fingerprint density at radius 2 is 2.12 bits per heavy atom. The van der Waals surface area contributed by atoms with Gasteiger partial charge >= 0.3 is 5.69 Å². The summed E-state index contributed by atoms with van der Waals surface area (Å²) in [6, 6.07) is 0.368. The van der Waals surface area contributed by atoms with Gasteiger partial charge in [-0.15, -0.1) is 0 Å². The van der Waals surface area contributed by atoms with E-state index in [1.807, 2.05) is 11.9 Å². The van der Waals surface area contributed by atoms with E-state index < -0.39 is 4.92 Å². The molecule has 0 atom stereocenters. The largest absolute Gasteiger partial charge is 0.357 e. The molecule has 1 aromatic rings. The monoisotopic (exact) mass is 237 g/mol. The van der Waals surface area contributed by atoms with Crippen molar-refractivity contribution in [1.29, 1.82) is 0 Å². The Balaban J connectivity index is 2.51. The highest BCUT2D eigenvalue weighted by Crippen LogP contribution is 2.35. The average Bonchev–Trinajstić information content (AvgIpc) is 3.10. The van der Waals surface area contributed by atoms with Gasteiger partial charge in [-0.25, -0.2) is 4.98 Å². The lowest BCUT2D eigenvalue weighted by Crippen LogP contribution is -2.23. The van der Waals surface area contributed by atoms with Gasteiger partial charge in [-0.1, -0.05) is 0 Å². The maximum Gasteiger partial charge on any atom is 0.332 e. The Kier molecular flexibility index (Phi) is 2.83. The van der Waals surface area contributed by atoms with Crippen LogP contribution in [0.2, 0.25) is 0 Å². The van der Waals surface area contributed by atoms with Gasteiger partial charge in [0.1, 0.15) is 5.69 Å². The third-order valence-electron chi connectivity index (χ3n) is 2.87. The summed E-state index contributed by atoms with van der Waals surface area (Å²) in [5.74, 6) is 0.810. The van der Waals surface area contributed by atoms with Crippen molar-refractivity contribution in [3.05, 3.63) is 15.8 Å². The molecule has 0 radical (unpaired) electrons. The molecule has 0 aromatic carbocycles. The van der Waals surface area contributed by atoms with Crippen LogP contribution in [0.1, 0.15) is 18.5 Å². The average molecular weight is 237 g/mol. The molecule has 2 rings (SSSR count). The van der Waals surface area contributed by atoms with Crippen LogP contribution in [0, 0.1) is 17.0 Å². The normalized spacial score (nSPS) is 14.5. The number of aromatic nitrogens is 2. The number of nitrogens with one attached hydrogen (secondary N) is 1. The molecule has 0 aliphatic heterocycles. The molecule has 1 fully saturated rings. The molecule has 0 saturated heterocycles. The van der Waals surface area contributed by atoms with Crippen molar-refractivity contribution in [3.8, 4) is 0 Å². The number of anilines is 2. The second-order valence-corrected chi connectivity index (χ2v) is 4.15. The van der Waals surface area contributed by atoms with Crippen LogP contribution < -0.4 is 10.2 Å². The van der Waals surface area contributed by atoms with Crippen molar-refractivity contribution in [2.45, 2.75) is 25.8 Å². The molecule has 1 aromatic heterocycles. The zero-order chi connectivity index (χ0) is 12.6. The van der Waals surface area contributed by atoms with Gasteiger partial charge in [0.25, 0.3) is 0 Å². The first-order valence-electron chi connectivity index (χ1n) is 5.48. The van der Waals surface area contributed by atoms with E-state index >= 15 is 0 Å². The van der Waals surface area contributed by atoms with Crippen molar-refractivity contribution in [2.24, 2.45) is 0 Å². The van der Waals surface area contributed by atoms with Crippen molar-refractivity contribution >= 4 is 17.5 Å². The topological polar surface area (TPSA) is 84.2 Å². The van der Waals surface area contributed by atoms with E-state index in [1.54, 1.807) is 14.0 Å². The van der Waals surface area contributed by atoms with Gasteiger partial charge in [0.05, 0.1) is 4.92 Å². The van der Waals surface area contributed by atoms with E-state index in [9.17, 15) is 10.1 Å². The fourth-order valence-corrected chi connectivity index (χ4v) is 1.76. The van der Waals surface area contributed by atoms with Gasteiger partial charge in [-0.2, -0.15) is 4.98 Å². The number of nitro groups is 1. The van der Waals surface area contributed by atoms with Gasteiger partial charge in [-0.3, -0.25) is 10.1 Å². The molecule has 7 nitrogen and oxygen atoms in total. The predicted molar refractivity (Wildman–Crippen MR) is 64.4 cm³/mol. The highest BCUT2D eigenvalue weighted by molar-refractivity contribution is 5.63. The van der Waals surface area contributed by atoms with Crippen LogP contribution in [0.3, 0.4) is 0 Å². The van der Waals surface area contributed by atoms with Gasteiger partial charge in [0, 0.05) is 20.1 Å². The van der Waals surface area contributed by atoms with E-state index in [0.29, 0.717) is 23.5 Å². The standard InChI is InChI=1S/C10H15N5O2/c1-6-8(15(16)17)9(13-10(11-2)12-6)14(3)7-4-5-7/h7H,4-5H2,1-3H3,(H,11,12,13). The molecule has 0 amide bonds. The quantitative estimate of drug-likeness (QED) is 0.628. The Morgan fingerprint density at radius 1 is 1.47 bits per heavy atom. The molecule has 1 aliphatic rings. The first-order valence-corrected chi connectivity index (χ1v) is 5.48. The van der Waals surface area contributed by atoms with E-state index in [4.69, 9.17) is 0 Å². The third kappa shape index (κ3) is 2.13. The van der Waals surface area contributed by atoms with Crippen molar-refractivity contribution < 1.29 is 4.92 Å². The van der Waals surface area contributed by atoms with Crippen LogP contribution in [0.25, 0.3) is 0 Å². The van der Waals surface area contributed by atoms with E-state index in [-0.39, 0.29) is 5.69 Å². The number of nitrogens with zero attached hydrogens (tertiary/aromatic N) is 4. The summed E-state index contributed by atoms with van der Waals surface area (Å²) in [7, 11) is 3.54. The minimum atomic E-state index is -0.414. The summed E-state index contributed by atoms with van der Waals surface area (Å²) in [4.78, 5) is 20.8. The molecular formula is C10H15N5O2. The molecule has 0 spiro atoms. The number of aryl methyl sites for hydroxylation is 1. The smallest absolute Gasteiger partial charge is 0.332 e. The lowest BCUT2D eigenvalue weighted by Gasteiger charge is -2.18. The van der Waals surface area contributed by atoms with Crippen LogP contribution >= 0.6 is 0 Å². The van der Waals surface area contributed by atoms with Crippen molar-refractivity contribution in [2.75, 3.05) is 24.3 Å². The van der Waals surface area contributed by atoms with Gasteiger partial charge in [0.15, 0.2) is 0 Å². The van der Waals surface area contributed by atoms with Crippen LogP contribution in [0.15, 0.2) is 0 Å². The SMILES string of the molecule is CNc1nc(C)c([N+](=O)[O-])c(N(C)C2CC2)n1. The molecule has 17 heavy (non-hydrogen) atoms. The molecular weight excluding hydrogens is 222 g/mol. The summed E-state index contributed by atoms with van der Waals surface area (Å²) in [6.45, 7) is 1.63. The number of rotatable bonds is 4. The van der Waals surface area contributed by atoms with E-state index in [2.05, 4.69) is 15.3 Å². The summed E-state index contributed by atoms with van der Waals surface area (Å²) in [5.41, 5.74) is 0.384. The van der Waals surface area contributed by atoms with Crippen LogP contribution in [0.5, 0.6) is 0 Å². The van der Waals surface area contributed by atoms with Gasteiger partial charge in [0.2, 0.25) is 11.8 Å². The predicted octanol–water partition coefficient (Wildman–Crippen LogP) is 1.33. The van der Waals surface area contributed by atoms with Crippen LogP contribution in [-0.2, 0) is 0 Å². The maximum absolute atomic E-state index is 11.1. The van der Waals surface area contributed by atoms with E-state index in [0.717, 1.165) is 12.8 Å². The minimum Gasteiger partial charge on any atom is -0.357 e. The number of hydrogen-bond acceptors (Lipinski definition) is 6. The molecule has 1 N–H and O–H groups in total. The lowest BCUT2D eigenvalue weighted by atomic mass is 10.3. The van der Waals surface area contributed by atoms with E-state index in [1.165, 1.54) is 0 Å². The first kappa shape index (κ1) is 11.6. The Hall–Kier alpha value is -1.92. The van der Waals surface area contributed by atoms with Crippen molar-refractivity contribution in [1.82, 2.24) is 9.97 Å². The van der Waals surface area contributed by atoms with Crippen molar-refractivity contribution in [3.63, 3.8) is 0 Å².